The molecule has 0 saturated carbocycles. The lowest BCUT2D eigenvalue weighted by Crippen LogP contribution is -2.35. The first-order valence-electron chi connectivity index (χ1n) is 6.64. The molecule has 1 unspecified atom stereocenters. The second-order valence-corrected chi connectivity index (χ2v) is 5.93. The summed E-state index contributed by atoms with van der Waals surface area (Å²) in [6.45, 7) is 3.65. The summed E-state index contributed by atoms with van der Waals surface area (Å²) in [7, 11) is 0. The zero-order chi connectivity index (χ0) is 13.2. The average molecular weight is 279 g/mol. The Kier molecular flexibility index (Phi) is 3.42. The molecule has 1 aromatic rings. The predicted octanol–water partition coefficient (Wildman–Crippen LogP) is 2.00. The van der Waals surface area contributed by atoms with Crippen molar-refractivity contribution >= 4 is 23.1 Å². The molecule has 3 heterocycles. The molecule has 102 valence electrons. The number of carbonyl (C=O) groups excluding carboxylic acids is 1. The SMILES string of the molecule is CC1NC(c2ccc(C(=O)N3CCCCC3)s2)=NO1. The minimum atomic E-state index is -0.0988. The first-order valence-corrected chi connectivity index (χ1v) is 7.45. The van der Waals surface area contributed by atoms with Crippen molar-refractivity contribution in [2.75, 3.05) is 13.1 Å². The second-order valence-electron chi connectivity index (χ2n) is 4.85. The molecule has 3 rings (SSSR count). The molecule has 0 bridgehead atoms. The van der Waals surface area contributed by atoms with Crippen molar-refractivity contribution in [3.63, 3.8) is 0 Å². The standard InChI is InChI=1S/C13H17N3O2S/c1-9-14-12(15-18-9)10-5-6-11(19-10)13(17)16-7-3-2-4-8-16/h5-6,9H,2-4,7-8H2,1H3,(H,14,15). The molecule has 2 aliphatic rings. The molecule has 1 aromatic heterocycles. The minimum absolute atomic E-state index is 0.0988. The van der Waals surface area contributed by atoms with E-state index in [0.717, 1.165) is 41.5 Å². The van der Waals surface area contributed by atoms with Gasteiger partial charge in [-0.3, -0.25) is 4.79 Å². The van der Waals surface area contributed by atoms with Gasteiger partial charge in [0.05, 0.1) is 9.75 Å². The number of rotatable bonds is 2. The molecule has 0 spiro atoms. The first kappa shape index (κ1) is 12.5. The predicted molar refractivity (Wildman–Crippen MR) is 74.3 cm³/mol. The summed E-state index contributed by atoms with van der Waals surface area (Å²) in [6.07, 6.45) is 3.36. The molecule has 1 N–H and O–H groups in total. The number of amidine groups is 1. The second kappa shape index (κ2) is 5.21. The monoisotopic (exact) mass is 279 g/mol. The quantitative estimate of drug-likeness (QED) is 0.901. The molecule has 2 aliphatic heterocycles. The molecule has 1 atom stereocenters. The van der Waals surface area contributed by atoms with E-state index in [-0.39, 0.29) is 12.1 Å². The van der Waals surface area contributed by atoms with Crippen LogP contribution in [-0.2, 0) is 4.84 Å². The Labute approximate surface area is 116 Å². The van der Waals surface area contributed by atoms with E-state index in [9.17, 15) is 4.79 Å². The fourth-order valence-corrected chi connectivity index (χ4v) is 3.24. The van der Waals surface area contributed by atoms with Gasteiger partial charge in [-0.1, -0.05) is 5.16 Å². The molecule has 1 amide bonds. The van der Waals surface area contributed by atoms with Crippen molar-refractivity contribution in [1.82, 2.24) is 10.2 Å². The summed E-state index contributed by atoms with van der Waals surface area (Å²) in [5.41, 5.74) is 0. The smallest absolute Gasteiger partial charge is 0.263 e. The molecule has 5 nitrogen and oxygen atoms in total. The van der Waals surface area contributed by atoms with E-state index in [4.69, 9.17) is 4.84 Å². The van der Waals surface area contributed by atoms with Gasteiger partial charge in [0, 0.05) is 13.1 Å². The number of oxime groups is 1. The normalized spacial score (nSPS) is 22.7. The van der Waals surface area contributed by atoms with Gasteiger partial charge >= 0.3 is 0 Å². The van der Waals surface area contributed by atoms with E-state index in [1.165, 1.54) is 17.8 Å². The lowest BCUT2D eigenvalue weighted by molar-refractivity contribution is 0.0729. The third kappa shape index (κ3) is 2.58. The van der Waals surface area contributed by atoms with Gasteiger partial charge in [0.2, 0.25) is 0 Å². The van der Waals surface area contributed by atoms with Crippen molar-refractivity contribution < 1.29 is 9.63 Å². The van der Waals surface area contributed by atoms with Crippen LogP contribution in [0.25, 0.3) is 0 Å². The summed E-state index contributed by atoms with van der Waals surface area (Å²) in [5.74, 6) is 0.860. The van der Waals surface area contributed by atoms with Crippen molar-refractivity contribution in [2.24, 2.45) is 5.16 Å². The maximum Gasteiger partial charge on any atom is 0.263 e. The Morgan fingerprint density at radius 1 is 1.42 bits per heavy atom. The number of nitrogens with zero attached hydrogens (tertiary/aromatic N) is 2. The lowest BCUT2D eigenvalue weighted by Gasteiger charge is -2.26. The van der Waals surface area contributed by atoms with Gasteiger partial charge in [0.1, 0.15) is 0 Å². The summed E-state index contributed by atoms with van der Waals surface area (Å²) in [6, 6.07) is 3.80. The Morgan fingerprint density at radius 2 is 2.21 bits per heavy atom. The lowest BCUT2D eigenvalue weighted by atomic mass is 10.1. The van der Waals surface area contributed by atoms with Crippen LogP contribution in [-0.4, -0.2) is 36.0 Å². The van der Waals surface area contributed by atoms with Crippen LogP contribution in [0.2, 0.25) is 0 Å². The zero-order valence-electron chi connectivity index (χ0n) is 10.9. The van der Waals surface area contributed by atoms with E-state index >= 15 is 0 Å². The Balaban J connectivity index is 1.72. The van der Waals surface area contributed by atoms with Crippen LogP contribution < -0.4 is 5.32 Å². The fourth-order valence-electron chi connectivity index (χ4n) is 2.33. The molecule has 0 aromatic carbocycles. The van der Waals surface area contributed by atoms with Crippen LogP contribution in [0.15, 0.2) is 17.3 Å². The maximum atomic E-state index is 12.3. The average Bonchev–Trinajstić information content (AvgIpc) is 3.07. The number of carbonyl (C=O) groups is 1. The van der Waals surface area contributed by atoms with E-state index in [1.807, 2.05) is 24.0 Å². The van der Waals surface area contributed by atoms with E-state index in [1.54, 1.807) is 0 Å². The van der Waals surface area contributed by atoms with Gasteiger partial charge in [0.25, 0.3) is 5.91 Å². The minimum Gasteiger partial charge on any atom is -0.369 e. The molecule has 6 heteroatoms. The van der Waals surface area contributed by atoms with Crippen LogP contribution in [0.1, 0.15) is 40.7 Å². The number of nitrogens with one attached hydrogen (secondary N) is 1. The van der Waals surface area contributed by atoms with Crippen LogP contribution in [0.5, 0.6) is 0 Å². The Bertz CT molecular complexity index is 506. The van der Waals surface area contributed by atoms with Crippen molar-refractivity contribution in [2.45, 2.75) is 32.4 Å². The van der Waals surface area contributed by atoms with Gasteiger partial charge < -0.3 is 15.1 Å². The van der Waals surface area contributed by atoms with Crippen molar-refractivity contribution in [3.8, 4) is 0 Å². The van der Waals surface area contributed by atoms with E-state index in [0.29, 0.717) is 0 Å². The molecule has 0 radical (unpaired) electrons. The maximum absolute atomic E-state index is 12.3. The van der Waals surface area contributed by atoms with Crippen LogP contribution in [0.4, 0.5) is 0 Å². The number of hydrogen-bond donors (Lipinski definition) is 1. The number of likely N-dealkylation sites (tertiary alicyclic amines) is 1. The molecule has 1 saturated heterocycles. The summed E-state index contributed by atoms with van der Waals surface area (Å²) in [4.78, 5) is 21.1. The number of amides is 1. The van der Waals surface area contributed by atoms with Crippen LogP contribution >= 0.6 is 11.3 Å². The summed E-state index contributed by atoms with van der Waals surface area (Å²) < 4.78 is 0. The van der Waals surface area contributed by atoms with Crippen LogP contribution in [0.3, 0.4) is 0 Å². The third-order valence-corrected chi connectivity index (χ3v) is 4.42. The highest BCUT2D eigenvalue weighted by molar-refractivity contribution is 7.16. The Hall–Kier alpha value is -1.56. The molecule has 19 heavy (non-hydrogen) atoms. The van der Waals surface area contributed by atoms with Crippen LogP contribution in [0, 0.1) is 0 Å². The van der Waals surface area contributed by atoms with Crippen molar-refractivity contribution in [3.05, 3.63) is 21.9 Å². The van der Waals surface area contributed by atoms with Gasteiger partial charge in [-0.05, 0) is 38.3 Å². The fraction of sp³-hybridized carbons (Fsp3) is 0.538. The zero-order valence-corrected chi connectivity index (χ0v) is 11.7. The molecular weight excluding hydrogens is 262 g/mol. The summed E-state index contributed by atoms with van der Waals surface area (Å²) >= 11 is 1.47. The van der Waals surface area contributed by atoms with E-state index in [2.05, 4.69) is 10.5 Å². The van der Waals surface area contributed by atoms with Crippen molar-refractivity contribution in [1.29, 1.82) is 0 Å². The number of piperidine rings is 1. The van der Waals surface area contributed by atoms with E-state index < -0.39 is 0 Å². The largest absolute Gasteiger partial charge is 0.369 e. The molecular formula is C13H17N3O2S. The van der Waals surface area contributed by atoms with Gasteiger partial charge in [-0.2, -0.15) is 0 Å². The number of thiophene rings is 1. The first-order chi connectivity index (χ1) is 9.24. The molecule has 0 aliphatic carbocycles. The van der Waals surface area contributed by atoms with Gasteiger partial charge in [0.15, 0.2) is 12.1 Å². The topological polar surface area (TPSA) is 53.9 Å². The van der Waals surface area contributed by atoms with Gasteiger partial charge in [-0.25, -0.2) is 0 Å². The third-order valence-electron chi connectivity index (χ3n) is 3.34. The summed E-state index contributed by atoms with van der Waals surface area (Å²) in [5, 5.41) is 7.08. The van der Waals surface area contributed by atoms with Gasteiger partial charge in [-0.15, -0.1) is 11.3 Å². The highest BCUT2D eigenvalue weighted by atomic mass is 32.1. The molecule has 1 fully saturated rings. The number of hydrogen-bond acceptors (Lipinski definition) is 5. The highest BCUT2D eigenvalue weighted by Crippen LogP contribution is 2.22. The Morgan fingerprint density at radius 3 is 2.89 bits per heavy atom. The highest BCUT2D eigenvalue weighted by Gasteiger charge is 2.22.